The van der Waals surface area contributed by atoms with Crippen LogP contribution in [0.25, 0.3) is 22.2 Å². The Morgan fingerprint density at radius 3 is 2.79 bits per heavy atom. The Morgan fingerprint density at radius 2 is 2.00 bits per heavy atom. The minimum atomic E-state index is -0.0524. The fraction of sp³-hybridized carbons (Fsp3) is 0.190. The summed E-state index contributed by atoms with van der Waals surface area (Å²) in [5.41, 5.74) is 1.53. The van der Waals surface area contributed by atoms with E-state index in [1.165, 1.54) is 11.8 Å². The van der Waals surface area contributed by atoms with Crippen molar-refractivity contribution in [2.45, 2.75) is 30.8 Å². The number of hydrogen-bond donors (Lipinski definition) is 0. The van der Waals surface area contributed by atoms with Gasteiger partial charge in [0.25, 0.3) is 5.56 Å². The van der Waals surface area contributed by atoms with Gasteiger partial charge < -0.3 is 4.42 Å². The number of aromatic nitrogens is 3. The van der Waals surface area contributed by atoms with Gasteiger partial charge in [-0.25, -0.2) is 9.97 Å². The molecule has 0 N–H and O–H groups in total. The maximum Gasteiger partial charge on any atom is 0.262 e. The highest BCUT2D eigenvalue weighted by Gasteiger charge is 2.13. The van der Waals surface area contributed by atoms with Gasteiger partial charge in [0.1, 0.15) is 0 Å². The molecule has 2 aromatic heterocycles. The minimum Gasteiger partial charge on any atom is -0.440 e. The number of hydrogen-bond acceptors (Lipinski definition) is 5. The zero-order chi connectivity index (χ0) is 19.5. The summed E-state index contributed by atoms with van der Waals surface area (Å²) in [7, 11) is 0. The molecule has 0 fully saturated rings. The van der Waals surface area contributed by atoms with Gasteiger partial charge in [-0.15, -0.1) is 0 Å². The van der Waals surface area contributed by atoms with Crippen LogP contribution < -0.4 is 5.56 Å². The maximum absolute atomic E-state index is 12.9. The largest absolute Gasteiger partial charge is 0.440 e. The van der Waals surface area contributed by atoms with E-state index in [-0.39, 0.29) is 5.56 Å². The van der Waals surface area contributed by atoms with Gasteiger partial charge >= 0.3 is 0 Å². The third-order valence-electron chi connectivity index (χ3n) is 4.27. The second kappa shape index (κ2) is 8.20. The van der Waals surface area contributed by atoms with E-state index in [9.17, 15) is 4.79 Å². The van der Waals surface area contributed by atoms with E-state index >= 15 is 0 Å². The number of oxazole rings is 1. The molecule has 0 aliphatic heterocycles. The zero-order valence-corrected chi connectivity index (χ0v) is 16.8. The number of halogens is 1. The highest BCUT2D eigenvalue weighted by atomic mass is 35.5. The summed E-state index contributed by atoms with van der Waals surface area (Å²) in [4.78, 5) is 21.9. The van der Waals surface area contributed by atoms with Crippen LogP contribution in [-0.2, 0) is 12.3 Å². The van der Waals surface area contributed by atoms with Gasteiger partial charge in [-0.1, -0.05) is 60.6 Å². The average Bonchev–Trinajstić information content (AvgIpc) is 3.18. The Kier molecular flexibility index (Phi) is 5.50. The summed E-state index contributed by atoms with van der Waals surface area (Å²) >= 11 is 7.51. The van der Waals surface area contributed by atoms with Gasteiger partial charge in [0, 0.05) is 17.1 Å². The zero-order valence-electron chi connectivity index (χ0n) is 15.3. The smallest absolute Gasteiger partial charge is 0.262 e. The molecule has 7 heteroatoms. The van der Waals surface area contributed by atoms with Gasteiger partial charge in [-0.05, 0) is 24.6 Å². The van der Waals surface area contributed by atoms with Crippen molar-refractivity contribution < 1.29 is 4.42 Å². The number of rotatable bonds is 6. The van der Waals surface area contributed by atoms with Crippen molar-refractivity contribution in [3.8, 4) is 11.3 Å². The normalized spacial score (nSPS) is 11.2. The first-order valence-corrected chi connectivity index (χ1v) is 10.3. The molecule has 0 saturated heterocycles. The molecule has 0 spiro atoms. The number of thioether (sulfide) groups is 1. The SMILES string of the molecule is CCCn1c(SCc2ncc(-c3ccccc3)o2)nc2cc(Cl)ccc2c1=O. The summed E-state index contributed by atoms with van der Waals surface area (Å²) in [6, 6.07) is 15.0. The van der Waals surface area contributed by atoms with E-state index in [0.717, 1.165) is 17.7 Å². The van der Waals surface area contributed by atoms with Crippen LogP contribution >= 0.6 is 23.4 Å². The van der Waals surface area contributed by atoms with Gasteiger partial charge in [-0.3, -0.25) is 9.36 Å². The monoisotopic (exact) mass is 411 g/mol. The van der Waals surface area contributed by atoms with Crippen LogP contribution in [0.4, 0.5) is 0 Å². The fourth-order valence-electron chi connectivity index (χ4n) is 2.94. The van der Waals surface area contributed by atoms with Crippen molar-refractivity contribution in [1.82, 2.24) is 14.5 Å². The van der Waals surface area contributed by atoms with Crippen LogP contribution in [0.5, 0.6) is 0 Å². The number of benzene rings is 2. The molecule has 0 atom stereocenters. The molecular formula is C21H18ClN3O2S. The molecule has 0 aliphatic carbocycles. The van der Waals surface area contributed by atoms with Gasteiger partial charge in [-0.2, -0.15) is 0 Å². The van der Waals surface area contributed by atoms with Crippen LogP contribution in [0.1, 0.15) is 19.2 Å². The quantitative estimate of drug-likeness (QED) is 0.313. The molecule has 2 aromatic carbocycles. The van der Waals surface area contributed by atoms with E-state index in [2.05, 4.69) is 9.97 Å². The second-order valence-electron chi connectivity index (χ2n) is 6.29. The van der Waals surface area contributed by atoms with Gasteiger partial charge in [0.05, 0.1) is 22.9 Å². The van der Waals surface area contributed by atoms with E-state index in [1.807, 2.05) is 37.3 Å². The fourth-order valence-corrected chi connectivity index (χ4v) is 3.99. The van der Waals surface area contributed by atoms with E-state index < -0.39 is 0 Å². The molecule has 2 heterocycles. The highest BCUT2D eigenvalue weighted by Crippen LogP contribution is 2.26. The van der Waals surface area contributed by atoms with Crippen LogP contribution in [0.2, 0.25) is 5.02 Å². The van der Waals surface area contributed by atoms with Crippen molar-refractivity contribution in [3.63, 3.8) is 0 Å². The Labute approximate surface area is 171 Å². The van der Waals surface area contributed by atoms with Gasteiger partial charge in [0.15, 0.2) is 10.9 Å². The Balaban J connectivity index is 1.63. The summed E-state index contributed by atoms with van der Waals surface area (Å²) < 4.78 is 7.57. The molecule has 4 rings (SSSR count). The summed E-state index contributed by atoms with van der Waals surface area (Å²) in [6.45, 7) is 2.64. The van der Waals surface area contributed by atoms with Crippen LogP contribution in [0.3, 0.4) is 0 Å². The molecule has 0 amide bonds. The molecule has 142 valence electrons. The first-order chi connectivity index (χ1) is 13.7. The van der Waals surface area contributed by atoms with Crippen molar-refractivity contribution in [1.29, 1.82) is 0 Å². The average molecular weight is 412 g/mol. The van der Waals surface area contributed by atoms with Crippen LogP contribution in [-0.4, -0.2) is 14.5 Å². The lowest BCUT2D eigenvalue weighted by molar-refractivity contribution is 0.528. The Bertz CT molecular complexity index is 1170. The van der Waals surface area contributed by atoms with E-state index in [0.29, 0.717) is 39.3 Å². The molecule has 0 radical (unpaired) electrons. The molecule has 4 aromatic rings. The predicted molar refractivity (Wildman–Crippen MR) is 113 cm³/mol. The lowest BCUT2D eigenvalue weighted by atomic mass is 10.2. The molecule has 0 aliphatic rings. The van der Waals surface area contributed by atoms with Crippen LogP contribution in [0.15, 0.2) is 69.1 Å². The molecule has 5 nitrogen and oxygen atoms in total. The van der Waals surface area contributed by atoms with Gasteiger partial charge in [0.2, 0.25) is 5.89 Å². The maximum atomic E-state index is 12.9. The predicted octanol–water partition coefficient (Wildman–Crippen LogP) is 5.41. The molecule has 28 heavy (non-hydrogen) atoms. The first-order valence-electron chi connectivity index (χ1n) is 8.98. The van der Waals surface area contributed by atoms with Crippen molar-refractivity contribution in [2.24, 2.45) is 0 Å². The third-order valence-corrected chi connectivity index (χ3v) is 5.46. The lowest BCUT2D eigenvalue weighted by Crippen LogP contribution is -2.23. The molecular weight excluding hydrogens is 394 g/mol. The molecule has 0 bridgehead atoms. The topological polar surface area (TPSA) is 60.9 Å². The highest BCUT2D eigenvalue weighted by molar-refractivity contribution is 7.98. The lowest BCUT2D eigenvalue weighted by Gasteiger charge is -2.11. The third kappa shape index (κ3) is 3.84. The Hall–Kier alpha value is -2.57. The van der Waals surface area contributed by atoms with Crippen molar-refractivity contribution in [2.75, 3.05) is 0 Å². The molecule has 0 saturated carbocycles. The van der Waals surface area contributed by atoms with E-state index in [4.69, 9.17) is 16.0 Å². The summed E-state index contributed by atoms with van der Waals surface area (Å²) in [5, 5.41) is 1.77. The van der Waals surface area contributed by atoms with Crippen LogP contribution in [0, 0.1) is 0 Å². The van der Waals surface area contributed by atoms with Crippen molar-refractivity contribution >= 4 is 34.3 Å². The second-order valence-corrected chi connectivity index (χ2v) is 7.66. The van der Waals surface area contributed by atoms with E-state index in [1.54, 1.807) is 29.0 Å². The Morgan fingerprint density at radius 1 is 1.18 bits per heavy atom. The number of nitrogens with zero attached hydrogens (tertiary/aromatic N) is 3. The molecule has 0 unspecified atom stereocenters. The standard InChI is InChI=1S/C21H18ClN3O2S/c1-2-10-25-20(26)16-9-8-15(22)11-17(16)24-21(25)28-13-19-23-12-18(27-19)14-6-4-3-5-7-14/h3-9,11-12H,2,10,13H2,1H3. The van der Waals surface area contributed by atoms with Crippen molar-refractivity contribution in [3.05, 3.63) is 76.0 Å². The summed E-state index contributed by atoms with van der Waals surface area (Å²) in [5.74, 6) is 1.79. The number of fused-ring (bicyclic) bond motifs is 1. The minimum absolute atomic E-state index is 0.0524. The first kappa shape index (κ1) is 18.8. The summed E-state index contributed by atoms with van der Waals surface area (Å²) in [6.07, 6.45) is 2.56.